The Bertz CT molecular complexity index is 1350. The van der Waals surface area contributed by atoms with Crippen molar-refractivity contribution in [2.75, 3.05) is 0 Å². The summed E-state index contributed by atoms with van der Waals surface area (Å²) in [5.74, 6) is 0. The van der Waals surface area contributed by atoms with Crippen LogP contribution in [0.25, 0.3) is 0 Å². The first-order valence-corrected chi connectivity index (χ1v) is 19.6. The molecule has 0 bridgehead atoms. The van der Waals surface area contributed by atoms with Crippen LogP contribution in [0.5, 0.6) is 0 Å². The molecule has 0 nitrogen and oxygen atoms in total. The molecule has 0 spiro atoms. The summed E-state index contributed by atoms with van der Waals surface area (Å²) in [5, 5.41) is 10.1. The SMILES string of the molecule is CC1=C(C)[C]([Ti]([CH3])[CH3])([Si](c2cc(C)cc(C)c2)(c2cc(C)ccc2C)c2cc(C)ccc2C)C(C)=C1C. The summed E-state index contributed by atoms with van der Waals surface area (Å²) in [5.41, 5.74) is 14.7. The normalized spacial score (nSPS) is 15.6. The van der Waals surface area contributed by atoms with Crippen molar-refractivity contribution in [3.05, 3.63) is 110 Å². The summed E-state index contributed by atoms with van der Waals surface area (Å²) in [6.45, 7) is 23.7. The number of hydrogen-bond acceptors (Lipinski definition) is 0. The molecule has 0 unspecified atom stereocenters. The van der Waals surface area contributed by atoms with E-state index < -0.39 is 25.9 Å². The molecule has 0 aliphatic heterocycles. The molecule has 2 heteroatoms. The van der Waals surface area contributed by atoms with Crippen molar-refractivity contribution >= 4 is 23.6 Å². The summed E-state index contributed by atoms with van der Waals surface area (Å²) < 4.78 is 0.0957. The molecular weight excluding hydrogens is 496 g/mol. The Balaban J connectivity index is 2.45. The van der Waals surface area contributed by atoms with E-state index in [1.54, 1.807) is 26.7 Å². The number of benzene rings is 3. The van der Waals surface area contributed by atoms with Crippen molar-refractivity contribution < 1.29 is 17.9 Å². The van der Waals surface area contributed by atoms with Crippen LogP contribution in [0, 0.1) is 41.5 Å². The number of allylic oxidation sites excluding steroid dienone is 4. The van der Waals surface area contributed by atoms with Gasteiger partial charge in [-0.3, -0.25) is 0 Å². The van der Waals surface area contributed by atoms with E-state index in [9.17, 15) is 0 Å². The van der Waals surface area contributed by atoms with Crippen molar-refractivity contribution in [1.29, 1.82) is 0 Å². The molecule has 193 valence electrons. The minimum absolute atomic E-state index is 0.0957. The maximum atomic E-state index is 2.65. The molecule has 0 N–H and O–H groups in total. The number of hydrogen-bond donors (Lipinski definition) is 0. The van der Waals surface area contributed by atoms with E-state index in [1.807, 2.05) is 0 Å². The summed E-state index contributed by atoms with van der Waals surface area (Å²) in [6, 6.07) is 22.0. The number of rotatable bonds is 5. The van der Waals surface area contributed by atoms with Crippen molar-refractivity contribution in [2.45, 2.75) is 83.0 Å². The first-order chi connectivity index (χ1) is 17.3. The second kappa shape index (κ2) is 9.99. The summed E-state index contributed by atoms with van der Waals surface area (Å²) in [6.07, 6.45) is 0. The van der Waals surface area contributed by atoms with Gasteiger partial charge in [-0.2, -0.15) is 0 Å². The molecule has 0 atom stereocenters. The molecule has 1 aliphatic rings. The fourth-order valence-corrected chi connectivity index (χ4v) is 23.6. The third kappa shape index (κ3) is 4.05. The molecule has 0 saturated heterocycles. The van der Waals surface area contributed by atoms with E-state index in [4.69, 9.17) is 0 Å². The summed E-state index contributed by atoms with van der Waals surface area (Å²) in [7, 11) is -2.67. The van der Waals surface area contributed by atoms with E-state index >= 15 is 0 Å². The van der Waals surface area contributed by atoms with Gasteiger partial charge in [0.15, 0.2) is 0 Å². The van der Waals surface area contributed by atoms with Crippen LogP contribution >= 0.6 is 0 Å². The Morgan fingerprint density at radius 1 is 0.514 bits per heavy atom. The van der Waals surface area contributed by atoms with Crippen LogP contribution in [0.2, 0.25) is 13.8 Å². The van der Waals surface area contributed by atoms with Crippen molar-refractivity contribution in [3.63, 3.8) is 0 Å². The Morgan fingerprint density at radius 3 is 1.30 bits per heavy atom. The molecule has 0 radical (unpaired) electrons. The van der Waals surface area contributed by atoms with Gasteiger partial charge >= 0.3 is 235 Å². The zero-order chi connectivity index (χ0) is 27.4. The molecule has 4 rings (SSSR count). The van der Waals surface area contributed by atoms with Gasteiger partial charge in [-0.1, -0.05) is 0 Å². The summed E-state index contributed by atoms with van der Waals surface area (Å²) in [4.78, 5) is 0. The predicted molar refractivity (Wildman–Crippen MR) is 164 cm³/mol. The van der Waals surface area contributed by atoms with Gasteiger partial charge in [-0.05, 0) is 0 Å². The topological polar surface area (TPSA) is 0 Å². The van der Waals surface area contributed by atoms with Gasteiger partial charge in [0.25, 0.3) is 0 Å². The average molecular weight is 542 g/mol. The van der Waals surface area contributed by atoms with Crippen LogP contribution in [-0.2, 0) is 17.9 Å². The quantitative estimate of drug-likeness (QED) is 0.226. The Morgan fingerprint density at radius 2 is 0.919 bits per heavy atom. The Labute approximate surface area is 233 Å². The van der Waals surface area contributed by atoms with Gasteiger partial charge < -0.3 is 0 Å². The monoisotopic (exact) mass is 541 g/mol. The second-order valence-electron chi connectivity index (χ2n) is 12.0. The van der Waals surface area contributed by atoms with Crippen molar-refractivity contribution in [1.82, 2.24) is 0 Å². The predicted octanol–water partition coefficient (Wildman–Crippen LogP) is 8.11. The van der Waals surface area contributed by atoms with Crippen LogP contribution in [0.15, 0.2) is 76.9 Å². The molecule has 3 aromatic carbocycles. The standard InChI is InChI=1S/C33H39Si.2CH3.Ti/c1-20-11-13-24(5)31(18-20)34(30-16-22(3)15-23(4)17-30,32-19-21(2)12-14-25(32)6)33-28(9)26(7)27(8)29(33)10;;;/h11-19H,1-10H3;2*1H3;. The molecule has 1 aliphatic carbocycles. The third-order valence-electron chi connectivity index (χ3n) is 9.37. The van der Waals surface area contributed by atoms with Gasteiger partial charge in [0.1, 0.15) is 0 Å². The molecule has 0 aromatic heterocycles. The Kier molecular flexibility index (Phi) is 7.58. The molecular formula is C35H45SiTi. The average Bonchev–Trinajstić information content (AvgIpc) is 2.99. The van der Waals surface area contributed by atoms with Gasteiger partial charge in [0.2, 0.25) is 0 Å². The van der Waals surface area contributed by atoms with E-state index in [-0.39, 0.29) is 3.34 Å². The molecule has 3 aromatic rings. The Hall–Kier alpha value is -1.93. The third-order valence-corrected chi connectivity index (χ3v) is 22.4. The maximum absolute atomic E-state index is 2.67. The van der Waals surface area contributed by atoms with Crippen LogP contribution in [0.4, 0.5) is 0 Å². The van der Waals surface area contributed by atoms with E-state index in [1.165, 1.54) is 44.5 Å². The molecule has 37 heavy (non-hydrogen) atoms. The van der Waals surface area contributed by atoms with E-state index in [0.29, 0.717) is 0 Å². The molecule has 0 fully saturated rings. The van der Waals surface area contributed by atoms with Gasteiger partial charge in [-0.25, -0.2) is 0 Å². The van der Waals surface area contributed by atoms with Crippen molar-refractivity contribution in [2.24, 2.45) is 0 Å². The first-order valence-electron chi connectivity index (χ1n) is 13.7. The summed E-state index contributed by atoms with van der Waals surface area (Å²) >= 11 is -1.70. The minimum atomic E-state index is -2.67. The van der Waals surface area contributed by atoms with Crippen LogP contribution < -0.4 is 15.6 Å². The van der Waals surface area contributed by atoms with Gasteiger partial charge in [0.05, 0.1) is 0 Å². The van der Waals surface area contributed by atoms with Crippen LogP contribution in [-0.4, -0.2) is 8.07 Å². The van der Waals surface area contributed by atoms with Crippen molar-refractivity contribution in [3.8, 4) is 0 Å². The first kappa shape index (κ1) is 28.1. The zero-order valence-electron chi connectivity index (χ0n) is 25.2. The van der Waals surface area contributed by atoms with Crippen LogP contribution in [0.3, 0.4) is 0 Å². The zero-order valence-corrected chi connectivity index (χ0v) is 27.8. The molecule has 0 heterocycles. The van der Waals surface area contributed by atoms with E-state index in [0.717, 1.165) is 0 Å². The number of aryl methyl sites for hydroxylation is 6. The van der Waals surface area contributed by atoms with Gasteiger partial charge in [0, 0.05) is 0 Å². The molecule has 0 amide bonds. The molecule has 0 saturated carbocycles. The fraction of sp³-hybridized carbons (Fsp3) is 0.371. The fourth-order valence-electron chi connectivity index (χ4n) is 7.64. The van der Waals surface area contributed by atoms with Gasteiger partial charge in [-0.15, -0.1) is 0 Å². The van der Waals surface area contributed by atoms with E-state index in [2.05, 4.69) is 134 Å². The second-order valence-corrected chi connectivity index (χ2v) is 21.0. The van der Waals surface area contributed by atoms with Crippen LogP contribution in [0.1, 0.15) is 61.1 Å².